The summed E-state index contributed by atoms with van der Waals surface area (Å²) in [4.78, 5) is 42.8. The van der Waals surface area contributed by atoms with Gasteiger partial charge < -0.3 is 40.4 Å². The van der Waals surface area contributed by atoms with Crippen molar-refractivity contribution in [1.29, 1.82) is 0 Å². The molecule has 0 heterocycles. The molecular formula is C15H29O11PS. The van der Waals surface area contributed by atoms with Crippen LogP contribution in [0.5, 0.6) is 0 Å². The number of aliphatic hydroxyl groups is 3. The molecule has 0 amide bonds. The fourth-order valence-corrected chi connectivity index (χ4v) is 0.485. The third-order valence-electron chi connectivity index (χ3n) is 2.28. The largest absolute Gasteiger partial charge is 0.478 e. The van der Waals surface area contributed by atoms with Gasteiger partial charge in [0.05, 0.1) is 19.8 Å². The summed E-state index contributed by atoms with van der Waals surface area (Å²) in [5.41, 5.74) is -0.667. The van der Waals surface area contributed by atoms with Crippen molar-refractivity contribution >= 4 is 37.7 Å². The van der Waals surface area contributed by atoms with E-state index in [9.17, 15) is 14.4 Å². The Morgan fingerprint density at radius 3 is 0.964 bits per heavy atom. The van der Waals surface area contributed by atoms with E-state index in [0.29, 0.717) is 6.42 Å². The zero-order valence-electron chi connectivity index (χ0n) is 15.4. The van der Waals surface area contributed by atoms with Gasteiger partial charge in [-0.25, -0.2) is 14.4 Å². The number of carboxylic acid groups (broad SMARTS) is 3. The maximum atomic E-state index is 9.25. The van der Waals surface area contributed by atoms with Crippen molar-refractivity contribution in [2.45, 2.75) is 13.3 Å². The summed E-state index contributed by atoms with van der Waals surface area (Å²) in [5.74, 6) is -2.94. The lowest BCUT2D eigenvalue weighted by Gasteiger charge is -2.24. The van der Waals surface area contributed by atoms with E-state index in [-0.39, 0.29) is 19.8 Å². The third kappa shape index (κ3) is 49.6. The third-order valence-corrected chi connectivity index (χ3v) is 2.28. The Labute approximate surface area is 169 Å². The van der Waals surface area contributed by atoms with E-state index in [0.717, 1.165) is 18.2 Å². The predicted octanol–water partition coefficient (Wildman–Crippen LogP) is 0.258. The van der Waals surface area contributed by atoms with Crippen molar-refractivity contribution in [1.82, 2.24) is 0 Å². The summed E-state index contributed by atoms with van der Waals surface area (Å²) in [6, 6.07) is 0. The summed E-state index contributed by atoms with van der Waals surface area (Å²) in [7, 11) is -1.93. The molecule has 13 heteroatoms. The lowest BCUT2D eigenvalue weighted by molar-refractivity contribution is -0.132. The molecule has 0 aliphatic carbocycles. The number of hydrogen-bond donors (Lipinski definition) is 9. The molecule has 0 saturated carbocycles. The van der Waals surface area contributed by atoms with Gasteiger partial charge in [0.15, 0.2) is 0 Å². The van der Waals surface area contributed by atoms with Gasteiger partial charge in [-0.3, -0.25) is 0 Å². The van der Waals surface area contributed by atoms with Crippen molar-refractivity contribution in [3.63, 3.8) is 0 Å². The smallest absolute Gasteiger partial charge is 0.327 e. The predicted molar refractivity (Wildman–Crippen MR) is 108 cm³/mol. The van der Waals surface area contributed by atoms with Gasteiger partial charge in [0.25, 0.3) is 0 Å². The molecule has 0 radical (unpaired) electrons. The molecule has 0 unspecified atom stereocenters. The highest BCUT2D eigenvalue weighted by molar-refractivity contribution is 8.41. The molecule has 0 spiro atoms. The van der Waals surface area contributed by atoms with Gasteiger partial charge in [-0.2, -0.15) is 0 Å². The Morgan fingerprint density at radius 1 is 0.821 bits per heavy atom. The van der Waals surface area contributed by atoms with Gasteiger partial charge in [-0.15, -0.1) is 0 Å². The van der Waals surface area contributed by atoms with E-state index >= 15 is 0 Å². The van der Waals surface area contributed by atoms with Gasteiger partial charge in [-0.05, 0) is 6.42 Å². The van der Waals surface area contributed by atoms with Crippen LogP contribution in [-0.4, -0.2) is 78.2 Å². The van der Waals surface area contributed by atoms with E-state index in [1.807, 2.05) is 6.92 Å². The molecule has 8 N–H and O–H groups in total. The first-order valence-electron chi connectivity index (χ1n) is 7.04. The molecule has 0 fully saturated rings. The molecular weight excluding hydrogens is 419 g/mol. The Hall–Kier alpha value is -1.79. The van der Waals surface area contributed by atoms with Gasteiger partial charge >= 0.3 is 17.9 Å². The van der Waals surface area contributed by atoms with Crippen LogP contribution in [0.2, 0.25) is 0 Å². The first-order valence-corrected chi connectivity index (χ1v) is 9.44. The van der Waals surface area contributed by atoms with Crippen LogP contribution < -0.4 is 0 Å². The Bertz CT molecular complexity index is 375. The van der Waals surface area contributed by atoms with E-state index in [4.69, 9.17) is 40.4 Å². The minimum absolute atomic E-state index is 0.156. The van der Waals surface area contributed by atoms with Crippen LogP contribution in [0.25, 0.3) is 0 Å². The number of aliphatic hydroxyl groups excluding tert-OH is 3. The molecule has 0 aliphatic heterocycles. The molecule has 0 bridgehead atoms. The zero-order chi connectivity index (χ0) is 23.8. The Balaban J connectivity index is -0.0000000819. The Morgan fingerprint density at radius 2 is 0.964 bits per heavy atom. The van der Waals surface area contributed by atoms with Crippen LogP contribution in [0, 0.1) is 5.41 Å². The van der Waals surface area contributed by atoms with Crippen molar-refractivity contribution in [3.8, 4) is 0 Å². The zero-order valence-corrected chi connectivity index (χ0v) is 17.2. The quantitative estimate of drug-likeness (QED) is 0.146. The summed E-state index contributed by atoms with van der Waals surface area (Å²) < 4.78 is 0. The van der Waals surface area contributed by atoms with Gasteiger partial charge in [0, 0.05) is 23.6 Å². The maximum absolute atomic E-state index is 9.25. The molecule has 0 saturated heterocycles. The average Bonchev–Trinajstić information content (AvgIpc) is 2.65. The number of carbonyl (C=O) groups is 3. The van der Waals surface area contributed by atoms with E-state index < -0.39 is 30.9 Å². The first-order chi connectivity index (χ1) is 12.8. The van der Waals surface area contributed by atoms with Crippen LogP contribution in [0.3, 0.4) is 0 Å². The average molecular weight is 448 g/mol. The summed E-state index contributed by atoms with van der Waals surface area (Å²) in [6.07, 6.45) is 3.09. The number of hydrogen-bond acceptors (Lipinski definition) is 9. The molecule has 0 aromatic rings. The van der Waals surface area contributed by atoms with E-state index in [2.05, 4.69) is 32.0 Å². The molecule has 0 rings (SSSR count). The first kappa shape index (κ1) is 37.0. The van der Waals surface area contributed by atoms with Crippen molar-refractivity contribution < 1.29 is 54.8 Å². The van der Waals surface area contributed by atoms with E-state index in [1.54, 1.807) is 0 Å². The van der Waals surface area contributed by atoms with E-state index in [1.165, 1.54) is 0 Å². The van der Waals surface area contributed by atoms with Crippen molar-refractivity contribution in [3.05, 3.63) is 38.0 Å². The molecule has 0 aromatic heterocycles. The van der Waals surface area contributed by atoms with Gasteiger partial charge in [-0.1, -0.05) is 38.9 Å². The van der Waals surface area contributed by atoms with Gasteiger partial charge in [0.1, 0.15) is 0 Å². The molecule has 11 nitrogen and oxygen atoms in total. The lowest BCUT2D eigenvalue weighted by Crippen LogP contribution is -2.32. The van der Waals surface area contributed by atoms with Crippen LogP contribution in [0.4, 0.5) is 0 Å². The molecule has 0 aliphatic rings. The molecule has 166 valence electrons. The van der Waals surface area contributed by atoms with Crippen LogP contribution in [-0.2, 0) is 14.4 Å². The number of aliphatic carboxylic acids is 3. The summed E-state index contributed by atoms with van der Waals surface area (Å²) in [5, 5.41) is 48.8. The second-order valence-electron chi connectivity index (χ2n) is 4.22. The fourth-order valence-electron chi connectivity index (χ4n) is 0.485. The summed E-state index contributed by atoms with van der Waals surface area (Å²) in [6.45, 7) is 10.2. The monoisotopic (exact) mass is 448 g/mol. The van der Waals surface area contributed by atoms with Crippen LogP contribution in [0.15, 0.2) is 38.0 Å². The number of thiol groups is 1. The molecule has 0 aromatic carbocycles. The van der Waals surface area contributed by atoms with Crippen molar-refractivity contribution in [2.75, 3.05) is 19.8 Å². The highest BCUT2D eigenvalue weighted by Gasteiger charge is 2.24. The molecule has 0 atom stereocenters. The number of carboxylic acids is 3. The van der Waals surface area contributed by atoms with Crippen LogP contribution in [0.1, 0.15) is 13.3 Å². The van der Waals surface area contributed by atoms with Gasteiger partial charge in [0.2, 0.25) is 7.58 Å². The Kier molecular flexibility index (Phi) is 36.3. The molecule has 28 heavy (non-hydrogen) atoms. The minimum atomic E-state index is -1.93. The fraction of sp³-hybridized carbons (Fsp3) is 0.400. The normalized spacial score (nSPS) is 8.57. The second-order valence-corrected chi connectivity index (χ2v) is 5.83. The second kappa shape index (κ2) is 27.4. The minimum Gasteiger partial charge on any atom is -0.478 e. The van der Waals surface area contributed by atoms with Crippen LogP contribution >= 0.6 is 19.8 Å². The SMILES string of the molecule is C=CC(=O)O.C=CC(=O)O.C=CC(=O)O.CCC(CO)(CO)CO.OP(O)S. The highest BCUT2D eigenvalue weighted by atomic mass is 32.7. The lowest BCUT2D eigenvalue weighted by atomic mass is 9.88. The highest BCUT2D eigenvalue weighted by Crippen LogP contribution is 2.26. The standard InChI is InChI=1S/C6H14O3.3C3H4O2.H3O2PS/c1-2-6(3-7,4-8)5-9;3*1-2-3(4)5;1-3(2)4/h7-9H,2-5H2,1H3;3*2H,1H2,(H,4,5);1-2,4H. The maximum Gasteiger partial charge on any atom is 0.327 e. The summed E-state index contributed by atoms with van der Waals surface area (Å²) >= 11 is 3.14. The topological polar surface area (TPSA) is 213 Å². The number of rotatable bonds is 7. The van der Waals surface area contributed by atoms with Crippen molar-refractivity contribution in [2.24, 2.45) is 5.41 Å².